The van der Waals surface area contributed by atoms with E-state index < -0.39 is 0 Å². The average molecular weight is 306 g/mol. The molecule has 0 spiro atoms. The van der Waals surface area contributed by atoms with Crippen molar-refractivity contribution in [2.24, 2.45) is 5.73 Å². The third-order valence-corrected chi connectivity index (χ3v) is 4.08. The van der Waals surface area contributed by atoms with Gasteiger partial charge in [0.2, 0.25) is 0 Å². The second-order valence-electron chi connectivity index (χ2n) is 4.38. The van der Waals surface area contributed by atoms with Gasteiger partial charge in [-0.15, -0.1) is 11.8 Å². The maximum absolute atomic E-state index is 5.92. The molecule has 0 aliphatic rings. The van der Waals surface area contributed by atoms with Gasteiger partial charge < -0.3 is 15.1 Å². The summed E-state index contributed by atoms with van der Waals surface area (Å²) in [4.78, 5) is 3.67. The lowest BCUT2D eigenvalue weighted by atomic mass is 10.1. The lowest BCUT2D eigenvalue weighted by Crippen LogP contribution is -2.22. The standard InChI is InChI=1S/C15H18N2OS2/c1-3-20-13-8-4-7-12(14(13)15(16)19)17(2)10-11-6-5-9-18-11/h4-9H,3,10H2,1-2H3,(H2,16,19). The molecule has 20 heavy (non-hydrogen) atoms. The van der Waals surface area contributed by atoms with Crippen molar-refractivity contribution in [2.45, 2.75) is 18.4 Å². The fourth-order valence-electron chi connectivity index (χ4n) is 2.08. The van der Waals surface area contributed by atoms with Crippen LogP contribution < -0.4 is 10.6 Å². The first-order chi connectivity index (χ1) is 9.63. The van der Waals surface area contributed by atoms with E-state index in [0.29, 0.717) is 11.5 Å². The Balaban J connectivity index is 2.34. The van der Waals surface area contributed by atoms with Gasteiger partial charge in [-0.1, -0.05) is 25.2 Å². The van der Waals surface area contributed by atoms with Gasteiger partial charge in [-0.3, -0.25) is 0 Å². The lowest BCUT2D eigenvalue weighted by Gasteiger charge is -2.22. The van der Waals surface area contributed by atoms with Gasteiger partial charge >= 0.3 is 0 Å². The molecule has 0 bridgehead atoms. The van der Waals surface area contributed by atoms with Crippen LogP contribution >= 0.6 is 24.0 Å². The van der Waals surface area contributed by atoms with Gasteiger partial charge in [0.25, 0.3) is 0 Å². The number of rotatable bonds is 6. The predicted molar refractivity (Wildman–Crippen MR) is 89.5 cm³/mol. The first kappa shape index (κ1) is 14.9. The number of thioether (sulfide) groups is 1. The Morgan fingerprint density at radius 3 is 2.75 bits per heavy atom. The van der Waals surface area contributed by atoms with Crippen molar-refractivity contribution >= 4 is 34.7 Å². The maximum Gasteiger partial charge on any atom is 0.123 e. The molecule has 0 radical (unpaired) electrons. The molecule has 0 amide bonds. The number of nitrogens with two attached hydrogens (primary N) is 1. The van der Waals surface area contributed by atoms with Gasteiger partial charge in [0.1, 0.15) is 10.7 Å². The third kappa shape index (κ3) is 3.35. The van der Waals surface area contributed by atoms with E-state index in [4.69, 9.17) is 22.4 Å². The number of anilines is 1. The Morgan fingerprint density at radius 2 is 2.15 bits per heavy atom. The van der Waals surface area contributed by atoms with Crippen LogP contribution in [0.4, 0.5) is 5.69 Å². The van der Waals surface area contributed by atoms with E-state index in [-0.39, 0.29) is 0 Å². The summed E-state index contributed by atoms with van der Waals surface area (Å²) >= 11 is 6.98. The minimum absolute atomic E-state index is 0.433. The zero-order chi connectivity index (χ0) is 14.5. The number of benzene rings is 1. The van der Waals surface area contributed by atoms with Crippen LogP contribution in [0.1, 0.15) is 18.2 Å². The molecule has 106 valence electrons. The van der Waals surface area contributed by atoms with Gasteiger partial charge in [0, 0.05) is 23.2 Å². The van der Waals surface area contributed by atoms with Gasteiger partial charge in [-0.2, -0.15) is 0 Å². The van der Waals surface area contributed by atoms with Crippen molar-refractivity contribution in [1.29, 1.82) is 0 Å². The Kier molecular flexibility index (Phi) is 5.09. The van der Waals surface area contributed by atoms with Gasteiger partial charge in [0.05, 0.1) is 12.8 Å². The molecule has 0 fully saturated rings. The van der Waals surface area contributed by atoms with Crippen molar-refractivity contribution in [2.75, 3.05) is 17.7 Å². The summed E-state index contributed by atoms with van der Waals surface area (Å²) in [7, 11) is 2.01. The van der Waals surface area contributed by atoms with Crippen LogP contribution in [-0.4, -0.2) is 17.8 Å². The van der Waals surface area contributed by atoms with E-state index in [0.717, 1.165) is 27.7 Å². The minimum atomic E-state index is 0.433. The molecule has 1 aromatic carbocycles. The van der Waals surface area contributed by atoms with E-state index in [1.807, 2.05) is 31.3 Å². The SMILES string of the molecule is CCSc1cccc(N(C)Cc2ccco2)c1C(N)=S. The number of hydrogen-bond acceptors (Lipinski definition) is 4. The van der Waals surface area contributed by atoms with Crippen LogP contribution in [0, 0.1) is 0 Å². The first-order valence-electron chi connectivity index (χ1n) is 6.42. The quantitative estimate of drug-likeness (QED) is 0.651. The molecule has 2 aromatic rings. The van der Waals surface area contributed by atoms with E-state index in [1.165, 1.54) is 0 Å². The molecule has 1 aromatic heterocycles. The number of hydrogen-bond donors (Lipinski definition) is 1. The summed E-state index contributed by atoms with van der Waals surface area (Å²) in [6.07, 6.45) is 1.68. The van der Waals surface area contributed by atoms with Crippen LogP contribution in [0.25, 0.3) is 0 Å². The van der Waals surface area contributed by atoms with Gasteiger partial charge in [-0.05, 0) is 30.0 Å². The van der Waals surface area contributed by atoms with E-state index >= 15 is 0 Å². The maximum atomic E-state index is 5.92. The van der Waals surface area contributed by atoms with Crippen LogP contribution in [0.2, 0.25) is 0 Å². The normalized spacial score (nSPS) is 10.5. The molecule has 0 aliphatic carbocycles. The largest absolute Gasteiger partial charge is 0.467 e. The topological polar surface area (TPSA) is 42.4 Å². The predicted octanol–water partition coefficient (Wildman–Crippen LogP) is 3.66. The molecule has 2 N–H and O–H groups in total. The van der Waals surface area contributed by atoms with Crippen LogP contribution in [-0.2, 0) is 6.54 Å². The Bertz CT molecular complexity index is 582. The van der Waals surface area contributed by atoms with Crippen LogP contribution in [0.15, 0.2) is 45.9 Å². The van der Waals surface area contributed by atoms with Crippen molar-refractivity contribution in [3.63, 3.8) is 0 Å². The highest BCUT2D eigenvalue weighted by molar-refractivity contribution is 7.99. The highest BCUT2D eigenvalue weighted by Crippen LogP contribution is 2.31. The Hall–Kier alpha value is -1.46. The summed E-state index contributed by atoms with van der Waals surface area (Å²) in [5.41, 5.74) is 7.91. The number of furan rings is 1. The average Bonchev–Trinajstić information content (AvgIpc) is 2.91. The highest BCUT2D eigenvalue weighted by Gasteiger charge is 2.15. The smallest absolute Gasteiger partial charge is 0.123 e. The number of thiocarbonyl (C=S) groups is 1. The van der Waals surface area contributed by atoms with E-state index in [2.05, 4.69) is 17.9 Å². The minimum Gasteiger partial charge on any atom is -0.467 e. The summed E-state index contributed by atoms with van der Waals surface area (Å²) in [5.74, 6) is 1.90. The van der Waals surface area contributed by atoms with Crippen molar-refractivity contribution < 1.29 is 4.42 Å². The molecule has 1 heterocycles. The molecule has 0 aliphatic heterocycles. The van der Waals surface area contributed by atoms with Gasteiger partial charge in [-0.25, -0.2) is 0 Å². The molecular weight excluding hydrogens is 288 g/mol. The molecule has 3 nitrogen and oxygen atoms in total. The molecule has 0 unspecified atom stereocenters. The fourth-order valence-corrected chi connectivity index (χ4v) is 3.21. The summed E-state index contributed by atoms with van der Waals surface area (Å²) in [6.45, 7) is 2.80. The van der Waals surface area contributed by atoms with Crippen molar-refractivity contribution in [3.05, 3.63) is 47.9 Å². The van der Waals surface area contributed by atoms with E-state index in [1.54, 1.807) is 18.0 Å². The second-order valence-corrected chi connectivity index (χ2v) is 6.13. The summed E-state index contributed by atoms with van der Waals surface area (Å²) in [5, 5.41) is 0. The van der Waals surface area contributed by atoms with Gasteiger partial charge in [0.15, 0.2) is 0 Å². The zero-order valence-electron chi connectivity index (χ0n) is 11.6. The molecule has 5 heteroatoms. The van der Waals surface area contributed by atoms with Crippen LogP contribution in [0.3, 0.4) is 0 Å². The van der Waals surface area contributed by atoms with Crippen molar-refractivity contribution in [1.82, 2.24) is 0 Å². The summed E-state index contributed by atoms with van der Waals surface area (Å²) < 4.78 is 5.39. The lowest BCUT2D eigenvalue weighted by molar-refractivity contribution is 0.507. The first-order valence-corrected chi connectivity index (χ1v) is 7.82. The monoisotopic (exact) mass is 306 g/mol. The van der Waals surface area contributed by atoms with Crippen molar-refractivity contribution in [3.8, 4) is 0 Å². The second kappa shape index (κ2) is 6.81. The third-order valence-electron chi connectivity index (χ3n) is 2.93. The zero-order valence-corrected chi connectivity index (χ0v) is 13.3. The Morgan fingerprint density at radius 1 is 1.35 bits per heavy atom. The number of nitrogens with zero attached hydrogens (tertiary/aromatic N) is 1. The van der Waals surface area contributed by atoms with Crippen LogP contribution in [0.5, 0.6) is 0 Å². The molecule has 2 rings (SSSR count). The molecule has 0 saturated carbocycles. The molecule has 0 saturated heterocycles. The molecule has 0 atom stereocenters. The Labute approximate surface area is 129 Å². The summed E-state index contributed by atoms with van der Waals surface area (Å²) in [6, 6.07) is 9.99. The van der Waals surface area contributed by atoms with E-state index in [9.17, 15) is 0 Å². The molecular formula is C15H18N2OS2. The fraction of sp³-hybridized carbons (Fsp3) is 0.267. The highest BCUT2D eigenvalue weighted by atomic mass is 32.2.